The third-order valence-electron chi connectivity index (χ3n) is 2.71. The number of nitrogens with zero attached hydrogens (tertiary/aromatic N) is 3. The molecule has 1 N–H and O–H groups in total. The van der Waals surface area contributed by atoms with Crippen LogP contribution in [-0.4, -0.2) is 27.7 Å². The van der Waals surface area contributed by atoms with Gasteiger partial charge >= 0.3 is 0 Å². The van der Waals surface area contributed by atoms with E-state index >= 15 is 0 Å². The topological polar surface area (TPSA) is 42.2 Å². The minimum absolute atomic E-state index is 0.656. The Morgan fingerprint density at radius 3 is 3.00 bits per heavy atom. The van der Waals surface area contributed by atoms with Crippen LogP contribution in [0.2, 0.25) is 0 Å². The van der Waals surface area contributed by atoms with Gasteiger partial charge in [-0.05, 0) is 18.6 Å². The van der Waals surface area contributed by atoms with E-state index in [0.29, 0.717) is 5.92 Å². The van der Waals surface area contributed by atoms with Crippen LogP contribution in [0.5, 0.6) is 0 Å². The Hall–Kier alpha value is -1.42. The Balaban J connectivity index is 2.09. The minimum Gasteiger partial charge on any atom is -0.315 e. The van der Waals surface area contributed by atoms with Crippen molar-refractivity contribution in [1.82, 2.24) is 19.9 Å². The highest BCUT2D eigenvalue weighted by molar-refractivity contribution is 5.39. The Morgan fingerprint density at radius 2 is 2.29 bits per heavy atom. The fourth-order valence-corrected chi connectivity index (χ4v) is 1.78. The molecule has 14 heavy (non-hydrogen) atoms. The molecule has 0 radical (unpaired) electrons. The first-order valence-corrected chi connectivity index (χ1v) is 4.86. The molecule has 1 aliphatic rings. The lowest BCUT2D eigenvalue weighted by Gasteiger charge is -2.27. The number of nitrogens with one attached hydrogen (secondary N) is 1. The maximum atomic E-state index is 4.30. The first-order valence-electron chi connectivity index (χ1n) is 4.86. The van der Waals surface area contributed by atoms with E-state index in [0.717, 1.165) is 24.6 Å². The monoisotopic (exact) mass is 188 g/mol. The standard InChI is InChI=1S/C10H12N4/c1-7-12-10-3-2-8(6-14(10)13-7)9-4-11-5-9/h2-3,6,9,11H,4-5H2,1H3. The molecule has 0 bridgehead atoms. The number of hydrogen-bond acceptors (Lipinski definition) is 3. The van der Waals surface area contributed by atoms with Gasteiger partial charge in [0.25, 0.3) is 0 Å². The number of pyridine rings is 1. The summed E-state index contributed by atoms with van der Waals surface area (Å²) in [5.74, 6) is 1.48. The van der Waals surface area contributed by atoms with Crippen LogP contribution < -0.4 is 5.32 Å². The van der Waals surface area contributed by atoms with Gasteiger partial charge in [-0.25, -0.2) is 9.50 Å². The van der Waals surface area contributed by atoms with Gasteiger partial charge in [0.2, 0.25) is 0 Å². The van der Waals surface area contributed by atoms with E-state index < -0.39 is 0 Å². The second kappa shape index (κ2) is 2.78. The Labute approximate surface area is 82.0 Å². The van der Waals surface area contributed by atoms with Gasteiger partial charge in [-0.2, -0.15) is 5.10 Å². The average Bonchev–Trinajstić information content (AvgIpc) is 2.40. The maximum absolute atomic E-state index is 4.30. The molecule has 0 spiro atoms. The minimum atomic E-state index is 0.656. The molecule has 72 valence electrons. The summed E-state index contributed by atoms with van der Waals surface area (Å²) in [7, 11) is 0. The van der Waals surface area contributed by atoms with E-state index in [-0.39, 0.29) is 0 Å². The van der Waals surface area contributed by atoms with Crippen LogP contribution in [-0.2, 0) is 0 Å². The van der Waals surface area contributed by atoms with Crippen LogP contribution in [0.1, 0.15) is 17.3 Å². The highest BCUT2D eigenvalue weighted by Gasteiger charge is 2.19. The van der Waals surface area contributed by atoms with E-state index in [4.69, 9.17) is 0 Å². The number of fused-ring (bicyclic) bond motifs is 1. The predicted molar refractivity (Wildman–Crippen MR) is 53.3 cm³/mol. The molecule has 0 amide bonds. The van der Waals surface area contributed by atoms with Crippen LogP contribution >= 0.6 is 0 Å². The lowest BCUT2D eigenvalue weighted by molar-refractivity contribution is 0.447. The van der Waals surface area contributed by atoms with Gasteiger partial charge < -0.3 is 5.32 Å². The molecule has 4 nitrogen and oxygen atoms in total. The van der Waals surface area contributed by atoms with Gasteiger partial charge in [0.15, 0.2) is 5.65 Å². The Kier molecular flexibility index (Phi) is 1.58. The number of aromatic nitrogens is 3. The van der Waals surface area contributed by atoms with Crippen LogP contribution in [0.15, 0.2) is 18.3 Å². The zero-order chi connectivity index (χ0) is 9.54. The van der Waals surface area contributed by atoms with Crippen LogP contribution in [0.3, 0.4) is 0 Å². The smallest absolute Gasteiger partial charge is 0.155 e. The number of aryl methyl sites for hydroxylation is 1. The lowest BCUT2D eigenvalue weighted by atomic mass is 9.95. The maximum Gasteiger partial charge on any atom is 0.155 e. The third kappa shape index (κ3) is 1.11. The molecule has 1 saturated heterocycles. The lowest BCUT2D eigenvalue weighted by Crippen LogP contribution is -2.39. The van der Waals surface area contributed by atoms with E-state index in [2.05, 4.69) is 27.7 Å². The molecule has 1 aliphatic heterocycles. The molecule has 2 aromatic heterocycles. The van der Waals surface area contributed by atoms with Crippen molar-refractivity contribution in [2.75, 3.05) is 13.1 Å². The summed E-state index contributed by atoms with van der Waals surface area (Å²) < 4.78 is 1.86. The summed E-state index contributed by atoms with van der Waals surface area (Å²) in [6, 6.07) is 4.18. The van der Waals surface area contributed by atoms with Gasteiger partial charge in [0.05, 0.1) is 0 Å². The van der Waals surface area contributed by atoms with Gasteiger partial charge in [-0.1, -0.05) is 6.07 Å². The van der Waals surface area contributed by atoms with Gasteiger partial charge in [-0.3, -0.25) is 0 Å². The quantitative estimate of drug-likeness (QED) is 0.717. The molecule has 0 aliphatic carbocycles. The van der Waals surface area contributed by atoms with Crippen molar-refractivity contribution in [3.63, 3.8) is 0 Å². The summed E-state index contributed by atoms with van der Waals surface area (Å²) in [4.78, 5) is 4.29. The first-order chi connectivity index (χ1) is 6.83. The Bertz CT molecular complexity index is 470. The average molecular weight is 188 g/mol. The van der Waals surface area contributed by atoms with E-state index in [1.165, 1.54) is 5.56 Å². The summed E-state index contributed by atoms with van der Waals surface area (Å²) in [5, 5.41) is 7.57. The van der Waals surface area contributed by atoms with Crippen molar-refractivity contribution in [2.45, 2.75) is 12.8 Å². The zero-order valence-corrected chi connectivity index (χ0v) is 8.07. The molecule has 0 saturated carbocycles. The van der Waals surface area contributed by atoms with Crippen molar-refractivity contribution in [2.24, 2.45) is 0 Å². The molecule has 0 aromatic carbocycles. The molecule has 0 unspecified atom stereocenters. The number of hydrogen-bond donors (Lipinski definition) is 1. The molecule has 3 heterocycles. The normalized spacial score (nSPS) is 17.2. The van der Waals surface area contributed by atoms with Crippen molar-refractivity contribution in [3.05, 3.63) is 29.7 Å². The molecule has 2 aromatic rings. The van der Waals surface area contributed by atoms with Gasteiger partial charge in [0.1, 0.15) is 5.82 Å². The third-order valence-corrected chi connectivity index (χ3v) is 2.71. The largest absolute Gasteiger partial charge is 0.315 e. The first kappa shape index (κ1) is 7.94. The van der Waals surface area contributed by atoms with Crippen LogP contribution in [0.25, 0.3) is 5.65 Å². The molecule has 0 atom stereocenters. The molecule has 1 fully saturated rings. The van der Waals surface area contributed by atoms with Gasteiger partial charge in [0, 0.05) is 25.2 Å². The summed E-state index contributed by atoms with van der Waals surface area (Å²) in [6.07, 6.45) is 2.08. The number of rotatable bonds is 1. The predicted octanol–water partition coefficient (Wildman–Crippen LogP) is 0.725. The van der Waals surface area contributed by atoms with E-state index in [1.54, 1.807) is 0 Å². The Morgan fingerprint density at radius 1 is 1.43 bits per heavy atom. The SMILES string of the molecule is Cc1nc2ccc(C3CNC3)cn2n1. The molecule has 4 heteroatoms. The van der Waals surface area contributed by atoms with Crippen LogP contribution in [0.4, 0.5) is 0 Å². The van der Waals surface area contributed by atoms with Crippen molar-refractivity contribution < 1.29 is 0 Å². The van der Waals surface area contributed by atoms with Crippen molar-refractivity contribution >= 4 is 5.65 Å². The van der Waals surface area contributed by atoms with Crippen LogP contribution in [0, 0.1) is 6.92 Å². The summed E-state index contributed by atoms with van der Waals surface area (Å²) in [5.41, 5.74) is 2.28. The second-order valence-electron chi connectivity index (χ2n) is 3.78. The summed E-state index contributed by atoms with van der Waals surface area (Å²) >= 11 is 0. The highest BCUT2D eigenvalue weighted by Crippen LogP contribution is 2.19. The van der Waals surface area contributed by atoms with Crippen molar-refractivity contribution in [1.29, 1.82) is 0 Å². The molecular formula is C10H12N4. The highest BCUT2D eigenvalue weighted by atomic mass is 15.3. The van der Waals surface area contributed by atoms with E-state index in [1.807, 2.05) is 17.5 Å². The fourth-order valence-electron chi connectivity index (χ4n) is 1.78. The van der Waals surface area contributed by atoms with E-state index in [9.17, 15) is 0 Å². The molecule has 3 rings (SSSR count). The van der Waals surface area contributed by atoms with Gasteiger partial charge in [-0.15, -0.1) is 0 Å². The summed E-state index contributed by atoms with van der Waals surface area (Å²) in [6.45, 7) is 4.08. The molecular weight excluding hydrogens is 176 g/mol. The fraction of sp³-hybridized carbons (Fsp3) is 0.400. The second-order valence-corrected chi connectivity index (χ2v) is 3.78. The zero-order valence-electron chi connectivity index (χ0n) is 8.07. The van der Waals surface area contributed by atoms with Crippen molar-refractivity contribution in [3.8, 4) is 0 Å².